The van der Waals surface area contributed by atoms with E-state index in [0.29, 0.717) is 19.2 Å². The maximum Gasteiger partial charge on any atom is 0.246 e. The van der Waals surface area contributed by atoms with Gasteiger partial charge in [0.2, 0.25) is 10.0 Å². The van der Waals surface area contributed by atoms with Gasteiger partial charge in [0.05, 0.1) is 19.3 Å². The van der Waals surface area contributed by atoms with Crippen LogP contribution < -0.4 is 0 Å². The Labute approximate surface area is 171 Å². The summed E-state index contributed by atoms with van der Waals surface area (Å²) in [5.74, 6) is -1.96. The number of aliphatic hydroxyl groups excluding tert-OH is 1. The summed E-state index contributed by atoms with van der Waals surface area (Å²) in [4.78, 5) is 1.76. The lowest BCUT2D eigenvalue weighted by Gasteiger charge is -2.32. The van der Waals surface area contributed by atoms with Gasteiger partial charge in [0, 0.05) is 32.3 Å². The molecule has 2 fully saturated rings. The van der Waals surface area contributed by atoms with Crippen molar-refractivity contribution in [1.82, 2.24) is 9.21 Å². The van der Waals surface area contributed by atoms with Gasteiger partial charge in [-0.25, -0.2) is 17.2 Å². The van der Waals surface area contributed by atoms with E-state index in [1.54, 1.807) is 7.11 Å². The number of sulfonamides is 1. The number of benzene rings is 1. The van der Waals surface area contributed by atoms with Gasteiger partial charge in [-0.1, -0.05) is 13.3 Å². The zero-order valence-corrected chi connectivity index (χ0v) is 17.7. The third-order valence-corrected chi connectivity index (χ3v) is 8.30. The van der Waals surface area contributed by atoms with Crippen LogP contribution in [0.1, 0.15) is 26.2 Å². The van der Waals surface area contributed by atoms with Crippen molar-refractivity contribution in [2.75, 3.05) is 40.0 Å². The molecule has 2 aliphatic heterocycles. The number of ether oxygens (including phenoxy) is 1. The minimum absolute atomic E-state index is 0.0502. The maximum absolute atomic E-state index is 14.2. The molecule has 2 heterocycles. The molecule has 1 aromatic carbocycles. The third kappa shape index (κ3) is 4.49. The summed E-state index contributed by atoms with van der Waals surface area (Å²) in [5, 5.41) is 10.1. The largest absolute Gasteiger partial charge is 0.395 e. The van der Waals surface area contributed by atoms with E-state index < -0.39 is 32.6 Å². The van der Waals surface area contributed by atoms with Crippen molar-refractivity contribution in [1.29, 1.82) is 0 Å². The zero-order valence-electron chi connectivity index (χ0n) is 16.9. The lowest BCUT2D eigenvalue weighted by molar-refractivity contribution is 0.0874. The second-order valence-electron chi connectivity index (χ2n) is 7.98. The minimum atomic E-state index is -4.19. The Morgan fingerprint density at radius 2 is 2.07 bits per heavy atom. The highest BCUT2D eigenvalue weighted by Crippen LogP contribution is 2.38. The van der Waals surface area contributed by atoms with Crippen molar-refractivity contribution < 1.29 is 27.0 Å². The number of hydrogen-bond donors (Lipinski definition) is 1. The van der Waals surface area contributed by atoms with Crippen LogP contribution in [-0.4, -0.2) is 74.8 Å². The molecule has 1 aromatic rings. The topological polar surface area (TPSA) is 70.1 Å². The molecule has 0 unspecified atom stereocenters. The van der Waals surface area contributed by atoms with E-state index in [1.165, 1.54) is 4.31 Å². The number of aliphatic hydroxyl groups is 1. The average molecular weight is 433 g/mol. The van der Waals surface area contributed by atoms with Crippen molar-refractivity contribution in [3.8, 4) is 0 Å². The molecule has 0 aliphatic carbocycles. The van der Waals surface area contributed by atoms with Crippen molar-refractivity contribution in [2.24, 2.45) is 11.8 Å². The molecule has 0 amide bonds. The number of halogens is 2. The Balaban J connectivity index is 1.87. The Hall–Kier alpha value is -1.13. The van der Waals surface area contributed by atoms with Gasteiger partial charge in [0.15, 0.2) is 0 Å². The molecular formula is C20H30F2N2O4S. The van der Waals surface area contributed by atoms with Gasteiger partial charge in [0.25, 0.3) is 0 Å². The molecule has 0 bridgehead atoms. The van der Waals surface area contributed by atoms with Crippen LogP contribution in [0, 0.1) is 23.5 Å². The molecule has 1 N–H and O–H groups in total. The van der Waals surface area contributed by atoms with E-state index >= 15 is 0 Å². The van der Waals surface area contributed by atoms with Gasteiger partial charge in [-0.3, -0.25) is 4.90 Å². The van der Waals surface area contributed by atoms with Crippen LogP contribution in [0.15, 0.2) is 23.1 Å². The van der Waals surface area contributed by atoms with E-state index in [-0.39, 0.29) is 31.0 Å². The van der Waals surface area contributed by atoms with Gasteiger partial charge in [-0.2, -0.15) is 4.31 Å². The van der Waals surface area contributed by atoms with E-state index in [2.05, 4.69) is 4.90 Å². The van der Waals surface area contributed by atoms with Crippen LogP contribution in [0.3, 0.4) is 0 Å². The van der Waals surface area contributed by atoms with E-state index in [1.807, 2.05) is 6.92 Å². The SMILES string of the molecule is CC[C@@H]1CN(S(=O)(=O)c2ccc(F)cc2F)[C@H](CO)[C@@H]1CN1CCC[C@@H]1COC. The van der Waals surface area contributed by atoms with E-state index in [4.69, 9.17) is 4.74 Å². The van der Waals surface area contributed by atoms with Crippen molar-refractivity contribution in [3.63, 3.8) is 0 Å². The highest BCUT2D eigenvalue weighted by atomic mass is 32.2. The third-order valence-electron chi connectivity index (χ3n) is 6.38. The zero-order chi connectivity index (χ0) is 21.2. The van der Waals surface area contributed by atoms with Crippen LogP contribution in [0.25, 0.3) is 0 Å². The summed E-state index contributed by atoms with van der Waals surface area (Å²) < 4.78 is 60.4. The lowest BCUT2D eigenvalue weighted by Crippen LogP contribution is -2.45. The first-order valence-corrected chi connectivity index (χ1v) is 11.6. The highest BCUT2D eigenvalue weighted by Gasteiger charge is 2.48. The van der Waals surface area contributed by atoms with Crippen LogP contribution >= 0.6 is 0 Å². The first-order valence-electron chi connectivity index (χ1n) is 10.1. The maximum atomic E-state index is 14.2. The van der Waals surface area contributed by atoms with E-state index in [9.17, 15) is 22.3 Å². The van der Waals surface area contributed by atoms with Crippen molar-refractivity contribution in [3.05, 3.63) is 29.8 Å². The fraction of sp³-hybridized carbons (Fsp3) is 0.700. The Kier molecular flexibility index (Phi) is 7.27. The number of hydrogen-bond acceptors (Lipinski definition) is 5. The standard InChI is InChI=1S/C20H30F2N2O4S/c1-3-14-10-24(29(26,27)20-7-6-15(21)9-18(20)22)19(12-25)17(14)11-23-8-4-5-16(23)13-28-2/h6-7,9,14,16-17,19,25H,3-5,8,10-13H2,1-2H3/t14-,16-,17-,19-/m1/s1. The van der Waals surface area contributed by atoms with E-state index in [0.717, 1.165) is 37.9 Å². The number of likely N-dealkylation sites (tertiary alicyclic amines) is 1. The van der Waals surface area contributed by atoms with Gasteiger partial charge < -0.3 is 9.84 Å². The minimum Gasteiger partial charge on any atom is -0.395 e. The lowest BCUT2D eigenvalue weighted by atomic mass is 9.88. The first kappa shape index (κ1) is 22.6. The van der Waals surface area contributed by atoms with Gasteiger partial charge in [0.1, 0.15) is 16.5 Å². The summed E-state index contributed by atoms with van der Waals surface area (Å²) in [5.41, 5.74) is 0. The molecule has 4 atom stereocenters. The molecule has 29 heavy (non-hydrogen) atoms. The molecule has 9 heteroatoms. The highest BCUT2D eigenvalue weighted by molar-refractivity contribution is 7.89. The summed E-state index contributed by atoms with van der Waals surface area (Å²) in [6.07, 6.45) is 2.84. The second-order valence-corrected chi connectivity index (χ2v) is 9.84. The normalized spacial score (nSPS) is 29.0. The molecule has 0 radical (unpaired) electrons. The molecule has 0 spiro atoms. The van der Waals surface area contributed by atoms with Gasteiger partial charge in [-0.05, 0) is 43.4 Å². The fourth-order valence-electron chi connectivity index (χ4n) is 4.83. The Bertz CT molecular complexity index is 808. The molecule has 164 valence electrons. The molecule has 3 rings (SSSR count). The van der Waals surface area contributed by atoms with Crippen LogP contribution in [0.2, 0.25) is 0 Å². The summed E-state index contributed by atoms with van der Waals surface area (Å²) in [6.45, 7) is 4.07. The van der Waals surface area contributed by atoms with Crippen LogP contribution in [0.4, 0.5) is 8.78 Å². The predicted octanol–water partition coefficient (Wildman–Crippen LogP) is 2.08. The molecule has 2 saturated heterocycles. The summed E-state index contributed by atoms with van der Waals surface area (Å²) in [6, 6.07) is 2.12. The fourth-order valence-corrected chi connectivity index (χ4v) is 6.60. The number of nitrogens with zero attached hydrogens (tertiary/aromatic N) is 2. The molecular weight excluding hydrogens is 402 g/mol. The molecule has 0 saturated carbocycles. The smallest absolute Gasteiger partial charge is 0.246 e. The summed E-state index contributed by atoms with van der Waals surface area (Å²) >= 11 is 0. The van der Waals surface area contributed by atoms with Gasteiger partial charge in [-0.15, -0.1) is 0 Å². The monoisotopic (exact) mass is 432 g/mol. The average Bonchev–Trinajstić information content (AvgIpc) is 3.26. The molecule has 2 aliphatic rings. The predicted molar refractivity (Wildman–Crippen MR) is 105 cm³/mol. The number of methoxy groups -OCH3 is 1. The van der Waals surface area contributed by atoms with Crippen LogP contribution in [-0.2, 0) is 14.8 Å². The first-order chi connectivity index (χ1) is 13.8. The molecule has 6 nitrogen and oxygen atoms in total. The van der Waals surface area contributed by atoms with Crippen molar-refractivity contribution >= 4 is 10.0 Å². The summed E-state index contributed by atoms with van der Waals surface area (Å²) in [7, 11) is -2.52. The van der Waals surface area contributed by atoms with Crippen LogP contribution in [0.5, 0.6) is 0 Å². The number of rotatable bonds is 8. The van der Waals surface area contributed by atoms with Gasteiger partial charge >= 0.3 is 0 Å². The Morgan fingerprint density at radius 3 is 2.69 bits per heavy atom. The quantitative estimate of drug-likeness (QED) is 0.681. The Morgan fingerprint density at radius 1 is 1.31 bits per heavy atom. The van der Waals surface area contributed by atoms with Crippen molar-refractivity contribution in [2.45, 2.75) is 43.2 Å². The second kappa shape index (κ2) is 9.34. The molecule has 0 aromatic heterocycles.